The first kappa shape index (κ1) is 25.8. The molecule has 1 rings (SSSR count). The molecule has 0 saturated carbocycles. The SMILES string of the molecule is CCNC(=NCC(O)c1ccc(OC(F)F)cc1)NCCOCCOC.I. The van der Waals surface area contributed by atoms with Gasteiger partial charge >= 0.3 is 6.61 Å². The number of ether oxygens (including phenoxy) is 3. The van der Waals surface area contributed by atoms with E-state index < -0.39 is 12.7 Å². The minimum Gasteiger partial charge on any atom is -0.435 e. The van der Waals surface area contributed by atoms with Gasteiger partial charge < -0.3 is 30.0 Å². The molecule has 0 aliphatic carbocycles. The molecule has 0 bridgehead atoms. The van der Waals surface area contributed by atoms with Gasteiger partial charge in [-0.2, -0.15) is 8.78 Å². The third kappa shape index (κ3) is 12.0. The summed E-state index contributed by atoms with van der Waals surface area (Å²) in [6.45, 7) is 1.98. The van der Waals surface area contributed by atoms with Crippen LogP contribution in [-0.2, 0) is 9.47 Å². The molecular weight excluding hydrogens is 475 g/mol. The summed E-state index contributed by atoms with van der Waals surface area (Å²) in [5, 5.41) is 16.3. The Morgan fingerprint density at radius 1 is 1.15 bits per heavy atom. The zero-order valence-corrected chi connectivity index (χ0v) is 17.8. The van der Waals surface area contributed by atoms with Gasteiger partial charge in [0.1, 0.15) is 5.75 Å². The Morgan fingerprint density at radius 3 is 2.44 bits per heavy atom. The highest BCUT2D eigenvalue weighted by Crippen LogP contribution is 2.19. The van der Waals surface area contributed by atoms with Gasteiger partial charge in [-0.3, -0.25) is 4.99 Å². The van der Waals surface area contributed by atoms with Crippen LogP contribution in [0.25, 0.3) is 0 Å². The van der Waals surface area contributed by atoms with E-state index in [9.17, 15) is 13.9 Å². The van der Waals surface area contributed by atoms with Crippen molar-refractivity contribution in [2.75, 3.05) is 46.6 Å². The lowest BCUT2D eigenvalue weighted by Crippen LogP contribution is -2.39. The number of methoxy groups -OCH3 is 1. The average molecular weight is 503 g/mol. The Labute approximate surface area is 175 Å². The zero-order chi connectivity index (χ0) is 19.2. The predicted molar refractivity (Wildman–Crippen MR) is 110 cm³/mol. The van der Waals surface area contributed by atoms with Crippen LogP contribution < -0.4 is 15.4 Å². The molecule has 3 N–H and O–H groups in total. The van der Waals surface area contributed by atoms with Crippen molar-refractivity contribution in [3.8, 4) is 5.75 Å². The van der Waals surface area contributed by atoms with Gasteiger partial charge in [0, 0.05) is 20.2 Å². The smallest absolute Gasteiger partial charge is 0.387 e. The Kier molecular flexibility index (Phi) is 15.1. The number of nitrogens with zero attached hydrogens (tertiary/aromatic N) is 1. The summed E-state index contributed by atoms with van der Waals surface area (Å²) < 4.78 is 38.8. The monoisotopic (exact) mass is 503 g/mol. The molecule has 1 unspecified atom stereocenters. The van der Waals surface area contributed by atoms with Crippen molar-refractivity contribution in [2.45, 2.75) is 19.6 Å². The van der Waals surface area contributed by atoms with E-state index in [0.717, 1.165) is 0 Å². The Bertz CT molecular complexity index is 521. The summed E-state index contributed by atoms with van der Waals surface area (Å²) in [6.07, 6.45) is -0.857. The molecule has 0 radical (unpaired) electrons. The Morgan fingerprint density at radius 2 is 1.85 bits per heavy atom. The van der Waals surface area contributed by atoms with Crippen LogP contribution in [0.4, 0.5) is 8.78 Å². The lowest BCUT2D eigenvalue weighted by atomic mass is 10.1. The van der Waals surface area contributed by atoms with E-state index in [1.807, 2.05) is 6.92 Å². The molecule has 156 valence electrons. The van der Waals surface area contributed by atoms with Crippen LogP contribution in [0.15, 0.2) is 29.3 Å². The number of hydrogen-bond donors (Lipinski definition) is 3. The van der Waals surface area contributed by atoms with Crippen LogP contribution in [0, 0.1) is 0 Å². The third-order valence-corrected chi connectivity index (χ3v) is 3.23. The van der Waals surface area contributed by atoms with Crippen LogP contribution >= 0.6 is 24.0 Å². The summed E-state index contributed by atoms with van der Waals surface area (Å²) >= 11 is 0. The van der Waals surface area contributed by atoms with Gasteiger partial charge in [-0.05, 0) is 24.6 Å². The van der Waals surface area contributed by atoms with E-state index in [0.29, 0.717) is 44.4 Å². The number of nitrogens with one attached hydrogen (secondary N) is 2. The van der Waals surface area contributed by atoms with E-state index in [1.165, 1.54) is 24.3 Å². The standard InChI is InChI=1S/C17H27F2N3O4.HI/c1-3-20-17(21-8-9-25-11-10-24-2)22-12-15(23)13-4-6-14(7-5-13)26-16(18)19;/h4-7,15-16,23H,3,8-12H2,1-2H3,(H2,20,21,22);1H. The second kappa shape index (κ2) is 15.8. The molecule has 0 spiro atoms. The van der Waals surface area contributed by atoms with Crippen LogP contribution in [0.3, 0.4) is 0 Å². The summed E-state index contributed by atoms with van der Waals surface area (Å²) in [5.74, 6) is 0.600. The van der Waals surface area contributed by atoms with Crippen molar-refractivity contribution in [3.05, 3.63) is 29.8 Å². The largest absolute Gasteiger partial charge is 0.435 e. The van der Waals surface area contributed by atoms with E-state index in [2.05, 4.69) is 20.4 Å². The normalized spacial score (nSPS) is 12.4. The number of halogens is 3. The number of rotatable bonds is 12. The van der Waals surface area contributed by atoms with Gasteiger partial charge in [0.05, 0.1) is 32.5 Å². The van der Waals surface area contributed by atoms with E-state index in [1.54, 1.807) is 7.11 Å². The molecule has 1 atom stereocenters. The molecule has 0 heterocycles. The van der Waals surface area contributed by atoms with Crippen molar-refractivity contribution in [1.29, 1.82) is 0 Å². The maximum atomic E-state index is 12.1. The molecule has 1 aromatic rings. The van der Waals surface area contributed by atoms with Gasteiger partial charge in [-0.15, -0.1) is 24.0 Å². The quantitative estimate of drug-likeness (QED) is 0.176. The highest BCUT2D eigenvalue weighted by atomic mass is 127. The Balaban J connectivity index is 0.00000676. The second-order valence-electron chi connectivity index (χ2n) is 5.21. The lowest BCUT2D eigenvalue weighted by Gasteiger charge is -2.14. The summed E-state index contributed by atoms with van der Waals surface area (Å²) in [5.41, 5.74) is 0.564. The second-order valence-corrected chi connectivity index (χ2v) is 5.21. The predicted octanol–water partition coefficient (Wildman–Crippen LogP) is 2.16. The third-order valence-electron chi connectivity index (χ3n) is 3.23. The van der Waals surface area contributed by atoms with Gasteiger partial charge in [0.25, 0.3) is 0 Å². The molecule has 0 amide bonds. The van der Waals surface area contributed by atoms with Crippen LogP contribution in [-0.4, -0.2) is 64.2 Å². The fourth-order valence-electron chi connectivity index (χ4n) is 1.98. The summed E-state index contributed by atoms with van der Waals surface area (Å²) in [6, 6.07) is 5.83. The number of guanidine groups is 1. The molecule has 1 aromatic carbocycles. The highest BCUT2D eigenvalue weighted by Gasteiger charge is 2.09. The fourth-order valence-corrected chi connectivity index (χ4v) is 1.98. The fraction of sp³-hybridized carbons (Fsp3) is 0.588. The number of alkyl halides is 2. The number of benzene rings is 1. The Hall–Kier alpha value is -1.24. The average Bonchev–Trinajstić information content (AvgIpc) is 2.62. The molecule has 0 fully saturated rings. The first-order valence-corrected chi connectivity index (χ1v) is 8.38. The minimum atomic E-state index is -2.87. The summed E-state index contributed by atoms with van der Waals surface area (Å²) in [4.78, 5) is 4.31. The lowest BCUT2D eigenvalue weighted by molar-refractivity contribution is -0.0498. The molecular formula is C17H28F2IN3O4. The molecule has 7 nitrogen and oxygen atoms in total. The van der Waals surface area contributed by atoms with Crippen molar-refractivity contribution >= 4 is 29.9 Å². The molecule has 27 heavy (non-hydrogen) atoms. The van der Waals surface area contributed by atoms with Crippen molar-refractivity contribution in [3.63, 3.8) is 0 Å². The van der Waals surface area contributed by atoms with Crippen molar-refractivity contribution in [1.82, 2.24) is 10.6 Å². The van der Waals surface area contributed by atoms with Crippen molar-refractivity contribution < 1.29 is 28.1 Å². The molecule has 0 saturated heterocycles. The molecule has 0 aromatic heterocycles. The van der Waals surface area contributed by atoms with Gasteiger partial charge in [-0.25, -0.2) is 0 Å². The molecule has 0 aliphatic rings. The van der Waals surface area contributed by atoms with E-state index in [-0.39, 0.29) is 36.3 Å². The number of aliphatic hydroxyl groups is 1. The first-order valence-electron chi connectivity index (χ1n) is 8.38. The maximum absolute atomic E-state index is 12.1. The summed E-state index contributed by atoms with van der Waals surface area (Å²) in [7, 11) is 1.61. The van der Waals surface area contributed by atoms with Gasteiger partial charge in [-0.1, -0.05) is 12.1 Å². The first-order chi connectivity index (χ1) is 12.6. The highest BCUT2D eigenvalue weighted by molar-refractivity contribution is 14.0. The van der Waals surface area contributed by atoms with Crippen molar-refractivity contribution in [2.24, 2.45) is 4.99 Å². The zero-order valence-electron chi connectivity index (χ0n) is 15.5. The molecule has 10 heteroatoms. The maximum Gasteiger partial charge on any atom is 0.387 e. The van der Waals surface area contributed by atoms with Crippen LogP contribution in [0.5, 0.6) is 5.75 Å². The number of hydrogen-bond acceptors (Lipinski definition) is 5. The number of aliphatic hydroxyl groups excluding tert-OH is 1. The number of aliphatic imine (C=N–C) groups is 1. The van der Waals surface area contributed by atoms with Crippen LogP contribution in [0.2, 0.25) is 0 Å². The van der Waals surface area contributed by atoms with Crippen LogP contribution in [0.1, 0.15) is 18.6 Å². The molecule has 0 aliphatic heterocycles. The van der Waals surface area contributed by atoms with E-state index >= 15 is 0 Å². The van der Waals surface area contributed by atoms with Gasteiger partial charge in [0.2, 0.25) is 0 Å². The topological polar surface area (TPSA) is 84.3 Å². The minimum absolute atomic E-state index is 0. The van der Waals surface area contributed by atoms with E-state index in [4.69, 9.17) is 9.47 Å². The van der Waals surface area contributed by atoms with Gasteiger partial charge in [0.15, 0.2) is 5.96 Å².